The number of esters is 1. The first-order chi connectivity index (χ1) is 14.3. The van der Waals surface area contributed by atoms with Gasteiger partial charge in [-0.1, -0.05) is 19.8 Å². The zero-order chi connectivity index (χ0) is 21.7. The summed E-state index contributed by atoms with van der Waals surface area (Å²) >= 11 is 0. The lowest BCUT2D eigenvalue weighted by atomic mass is 10.2. The first-order valence-corrected chi connectivity index (χ1v) is 11.8. The molecular weight excluding hydrogens is 408 g/mol. The summed E-state index contributed by atoms with van der Waals surface area (Å²) in [4.78, 5) is 30.4. The molecule has 2 N–H and O–H groups in total. The number of hydrogen-bond acceptors (Lipinski definition) is 6. The van der Waals surface area contributed by atoms with Crippen LogP contribution in [0.2, 0.25) is 0 Å². The van der Waals surface area contributed by atoms with E-state index in [1.54, 1.807) is 11.0 Å². The molecule has 3 rings (SSSR count). The van der Waals surface area contributed by atoms with Crippen LogP contribution in [0.15, 0.2) is 23.1 Å². The molecule has 9 nitrogen and oxygen atoms in total. The molecule has 0 radical (unpaired) electrons. The zero-order valence-electron chi connectivity index (χ0n) is 17.2. The topological polar surface area (TPSA) is 125 Å². The Morgan fingerprint density at radius 1 is 1.27 bits per heavy atom. The molecule has 0 spiro atoms. The third kappa shape index (κ3) is 5.37. The summed E-state index contributed by atoms with van der Waals surface area (Å²) in [7, 11) is -3.84. The first kappa shape index (κ1) is 22.2. The maximum atomic E-state index is 12.3. The van der Waals surface area contributed by atoms with Crippen molar-refractivity contribution >= 4 is 32.9 Å². The van der Waals surface area contributed by atoms with Gasteiger partial charge in [0.05, 0.1) is 15.9 Å². The van der Waals surface area contributed by atoms with Gasteiger partial charge in [-0.05, 0) is 37.5 Å². The molecule has 0 saturated carbocycles. The molecule has 1 aromatic heterocycles. The summed E-state index contributed by atoms with van der Waals surface area (Å²) in [5.74, 6) is 0.0280. The normalized spacial score (nSPS) is 15.4. The van der Waals surface area contributed by atoms with Gasteiger partial charge in [-0.2, -0.15) is 0 Å². The van der Waals surface area contributed by atoms with E-state index in [1.165, 1.54) is 12.1 Å². The zero-order valence-corrected chi connectivity index (χ0v) is 18.0. The molecule has 1 aliphatic rings. The summed E-state index contributed by atoms with van der Waals surface area (Å²) in [5.41, 5.74) is 1.23. The molecule has 1 aliphatic heterocycles. The van der Waals surface area contributed by atoms with Crippen molar-refractivity contribution in [1.29, 1.82) is 0 Å². The Morgan fingerprint density at radius 2 is 2.07 bits per heavy atom. The fourth-order valence-corrected chi connectivity index (χ4v) is 4.10. The number of nitrogens with zero attached hydrogens (tertiary/aromatic N) is 3. The number of benzene rings is 1. The number of ether oxygens (including phenoxy) is 1. The number of primary sulfonamides is 1. The Kier molecular flexibility index (Phi) is 7.09. The summed E-state index contributed by atoms with van der Waals surface area (Å²) in [6.45, 7) is 3.18. The SMILES string of the molecule is CCCCn1c(COC(=O)CN2CCCCCC2=O)nc2cc(S(N)(=O)=O)ccc21. The fraction of sp³-hybridized carbons (Fsp3) is 0.550. The van der Waals surface area contributed by atoms with Crippen LogP contribution >= 0.6 is 0 Å². The summed E-state index contributed by atoms with van der Waals surface area (Å²) in [6.07, 6.45) is 5.05. The summed E-state index contributed by atoms with van der Waals surface area (Å²) < 4.78 is 30.6. The highest BCUT2D eigenvalue weighted by Gasteiger charge is 2.21. The van der Waals surface area contributed by atoms with Crippen LogP contribution in [0.3, 0.4) is 0 Å². The number of aromatic nitrogens is 2. The van der Waals surface area contributed by atoms with Gasteiger partial charge in [0.1, 0.15) is 19.0 Å². The van der Waals surface area contributed by atoms with E-state index in [9.17, 15) is 18.0 Å². The van der Waals surface area contributed by atoms with Crippen LogP contribution in [0.4, 0.5) is 0 Å². The number of carbonyl (C=O) groups excluding carboxylic acids is 2. The summed E-state index contributed by atoms with van der Waals surface area (Å²) in [5, 5.41) is 5.22. The Hall–Kier alpha value is -2.46. The van der Waals surface area contributed by atoms with Crippen molar-refractivity contribution in [2.75, 3.05) is 13.1 Å². The van der Waals surface area contributed by atoms with Crippen LogP contribution in [-0.2, 0) is 37.5 Å². The van der Waals surface area contributed by atoms with Gasteiger partial charge in [-0.25, -0.2) is 18.5 Å². The minimum atomic E-state index is -3.84. The molecular formula is C20H28N4O5S. The van der Waals surface area contributed by atoms with Gasteiger partial charge in [0.15, 0.2) is 0 Å². The summed E-state index contributed by atoms with van der Waals surface area (Å²) in [6, 6.07) is 4.54. The lowest BCUT2D eigenvalue weighted by Gasteiger charge is -2.19. The van der Waals surface area contributed by atoms with Gasteiger partial charge in [0.25, 0.3) is 0 Å². The van der Waals surface area contributed by atoms with Crippen molar-refractivity contribution in [3.8, 4) is 0 Å². The van der Waals surface area contributed by atoms with Crippen LogP contribution in [-0.4, -0.2) is 47.8 Å². The number of sulfonamides is 1. The average Bonchev–Trinajstić information content (AvgIpc) is 2.92. The number of aryl methyl sites for hydroxylation is 1. The average molecular weight is 437 g/mol. The molecule has 30 heavy (non-hydrogen) atoms. The van der Waals surface area contributed by atoms with Crippen molar-refractivity contribution < 1.29 is 22.7 Å². The number of carbonyl (C=O) groups is 2. The molecule has 0 unspecified atom stereocenters. The molecule has 0 atom stereocenters. The number of hydrogen-bond donors (Lipinski definition) is 1. The van der Waals surface area contributed by atoms with Gasteiger partial charge in [-0.15, -0.1) is 0 Å². The van der Waals surface area contributed by atoms with Gasteiger partial charge < -0.3 is 14.2 Å². The quantitative estimate of drug-likeness (QED) is 0.631. The number of imidazole rings is 1. The monoisotopic (exact) mass is 436 g/mol. The van der Waals surface area contributed by atoms with Crippen molar-refractivity contribution in [2.24, 2.45) is 5.14 Å². The maximum absolute atomic E-state index is 12.3. The predicted molar refractivity (Wildman–Crippen MR) is 111 cm³/mol. The van der Waals surface area contributed by atoms with Crippen LogP contribution < -0.4 is 5.14 Å². The maximum Gasteiger partial charge on any atom is 0.326 e. The first-order valence-electron chi connectivity index (χ1n) is 10.2. The molecule has 0 bridgehead atoms. The number of rotatable bonds is 8. The largest absolute Gasteiger partial charge is 0.456 e. The van der Waals surface area contributed by atoms with Crippen LogP contribution in [0, 0.1) is 0 Å². The van der Waals surface area contributed by atoms with Gasteiger partial charge in [0.2, 0.25) is 15.9 Å². The lowest BCUT2D eigenvalue weighted by Crippen LogP contribution is -2.36. The van der Waals surface area contributed by atoms with Crippen LogP contribution in [0.5, 0.6) is 0 Å². The van der Waals surface area contributed by atoms with E-state index in [0.29, 0.717) is 30.9 Å². The number of nitrogens with two attached hydrogens (primary N) is 1. The second-order valence-electron chi connectivity index (χ2n) is 7.52. The minimum absolute atomic E-state index is 0.0154. The number of unbranched alkanes of at least 4 members (excludes halogenated alkanes) is 1. The highest BCUT2D eigenvalue weighted by Crippen LogP contribution is 2.21. The number of fused-ring (bicyclic) bond motifs is 1. The third-order valence-corrected chi connectivity index (χ3v) is 6.13. The molecule has 2 aromatic rings. The Bertz CT molecular complexity index is 1030. The second-order valence-corrected chi connectivity index (χ2v) is 9.08. The lowest BCUT2D eigenvalue weighted by molar-refractivity contribution is -0.150. The Balaban J connectivity index is 1.76. The molecule has 1 aromatic carbocycles. The van der Waals surface area contributed by atoms with E-state index >= 15 is 0 Å². The van der Waals surface area contributed by atoms with E-state index in [0.717, 1.165) is 37.6 Å². The van der Waals surface area contributed by atoms with Crippen LogP contribution in [0.1, 0.15) is 51.3 Å². The molecule has 1 saturated heterocycles. The van der Waals surface area contributed by atoms with Crippen LogP contribution in [0.25, 0.3) is 11.0 Å². The van der Waals surface area contributed by atoms with Gasteiger partial charge in [-0.3, -0.25) is 9.59 Å². The fourth-order valence-electron chi connectivity index (χ4n) is 3.56. The molecule has 164 valence electrons. The van der Waals surface area contributed by atoms with Crippen molar-refractivity contribution in [2.45, 2.75) is 63.5 Å². The highest BCUT2D eigenvalue weighted by molar-refractivity contribution is 7.89. The molecule has 1 amide bonds. The van der Waals surface area contributed by atoms with Crippen molar-refractivity contribution in [3.05, 3.63) is 24.0 Å². The predicted octanol–water partition coefficient (Wildman–Crippen LogP) is 1.93. The Morgan fingerprint density at radius 3 is 2.80 bits per heavy atom. The van der Waals surface area contributed by atoms with E-state index in [-0.39, 0.29) is 24.0 Å². The Labute approximate surface area is 176 Å². The minimum Gasteiger partial charge on any atom is -0.456 e. The van der Waals surface area contributed by atoms with Crippen molar-refractivity contribution in [3.63, 3.8) is 0 Å². The molecule has 1 fully saturated rings. The number of likely N-dealkylation sites (tertiary alicyclic amines) is 1. The molecule has 10 heteroatoms. The highest BCUT2D eigenvalue weighted by atomic mass is 32.2. The smallest absolute Gasteiger partial charge is 0.326 e. The standard InChI is InChI=1S/C20H28N4O5S/c1-2-3-11-24-17-9-8-15(30(21,27)28)12-16(17)22-18(24)14-29-20(26)13-23-10-6-4-5-7-19(23)25/h8-9,12H,2-7,10-11,13-14H2,1H3,(H2,21,27,28). The van der Waals surface area contributed by atoms with E-state index in [2.05, 4.69) is 11.9 Å². The van der Waals surface area contributed by atoms with Crippen molar-refractivity contribution in [1.82, 2.24) is 14.5 Å². The van der Waals surface area contributed by atoms with Gasteiger partial charge in [0, 0.05) is 19.5 Å². The molecule has 2 heterocycles. The van der Waals surface area contributed by atoms with E-state index in [4.69, 9.17) is 9.88 Å². The third-order valence-electron chi connectivity index (χ3n) is 5.22. The van der Waals surface area contributed by atoms with E-state index in [1.807, 2.05) is 4.57 Å². The van der Waals surface area contributed by atoms with E-state index < -0.39 is 16.0 Å². The second kappa shape index (κ2) is 9.57. The molecule has 0 aliphatic carbocycles. The van der Waals surface area contributed by atoms with Gasteiger partial charge >= 0.3 is 5.97 Å². The number of amides is 1.